The molecule has 3 nitrogen and oxygen atoms in total. The SMILES string of the molecule is CC1CC(C(=O)N[C@H](C)C2CCCC2)CCN1. The molecule has 1 amide bonds. The van der Waals surface area contributed by atoms with Crippen molar-refractivity contribution >= 4 is 5.91 Å². The molecule has 0 aromatic carbocycles. The Morgan fingerprint density at radius 3 is 2.65 bits per heavy atom. The summed E-state index contributed by atoms with van der Waals surface area (Å²) in [5.74, 6) is 1.24. The zero-order valence-corrected chi connectivity index (χ0v) is 11.2. The minimum atomic E-state index is 0.232. The van der Waals surface area contributed by atoms with Gasteiger partial charge in [-0.3, -0.25) is 4.79 Å². The molecule has 0 aromatic rings. The first-order valence-corrected chi connectivity index (χ1v) is 7.20. The summed E-state index contributed by atoms with van der Waals surface area (Å²) < 4.78 is 0. The van der Waals surface area contributed by atoms with Crippen molar-refractivity contribution in [2.24, 2.45) is 11.8 Å². The molecule has 0 aromatic heterocycles. The number of amides is 1. The number of hydrogen-bond acceptors (Lipinski definition) is 2. The van der Waals surface area contributed by atoms with E-state index < -0.39 is 0 Å². The average molecular weight is 238 g/mol. The Balaban J connectivity index is 1.79. The van der Waals surface area contributed by atoms with Crippen LogP contribution in [0.1, 0.15) is 52.4 Å². The van der Waals surface area contributed by atoms with Crippen LogP contribution in [0.3, 0.4) is 0 Å². The fraction of sp³-hybridized carbons (Fsp3) is 0.929. The molecule has 2 fully saturated rings. The number of carbonyl (C=O) groups is 1. The highest BCUT2D eigenvalue weighted by Crippen LogP contribution is 2.28. The van der Waals surface area contributed by atoms with E-state index in [1.54, 1.807) is 0 Å². The Bertz CT molecular complexity index is 261. The summed E-state index contributed by atoms with van der Waals surface area (Å²) in [5, 5.41) is 6.64. The third kappa shape index (κ3) is 3.44. The average Bonchev–Trinajstić information content (AvgIpc) is 2.82. The molecule has 1 heterocycles. The lowest BCUT2D eigenvalue weighted by atomic mass is 9.91. The Morgan fingerprint density at radius 2 is 2.00 bits per heavy atom. The lowest BCUT2D eigenvalue weighted by molar-refractivity contribution is -0.127. The van der Waals surface area contributed by atoms with Crippen molar-refractivity contribution in [2.75, 3.05) is 6.54 Å². The molecular weight excluding hydrogens is 212 g/mol. The smallest absolute Gasteiger partial charge is 0.223 e. The number of nitrogens with one attached hydrogen (secondary N) is 2. The van der Waals surface area contributed by atoms with Gasteiger partial charge in [0.1, 0.15) is 0 Å². The van der Waals surface area contributed by atoms with Gasteiger partial charge in [-0.25, -0.2) is 0 Å². The molecule has 1 aliphatic heterocycles. The van der Waals surface area contributed by atoms with E-state index in [9.17, 15) is 4.79 Å². The van der Waals surface area contributed by atoms with E-state index in [4.69, 9.17) is 0 Å². The molecule has 1 saturated heterocycles. The van der Waals surface area contributed by atoms with Crippen LogP contribution in [0.25, 0.3) is 0 Å². The summed E-state index contributed by atoms with van der Waals surface area (Å²) in [4.78, 5) is 12.2. The van der Waals surface area contributed by atoms with Crippen molar-refractivity contribution in [1.82, 2.24) is 10.6 Å². The molecule has 0 spiro atoms. The molecule has 1 saturated carbocycles. The number of rotatable bonds is 3. The highest BCUT2D eigenvalue weighted by molar-refractivity contribution is 5.79. The van der Waals surface area contributed by atoms with Gasteiger partial charge in [-0.05, 0) is 52.0 Å². The highest BCUT2D eigenvalue weighted by atomic mass is 16.1. The lowest BCUT2D eigenvalue weighted by Crippen LogP contribution is -2.46. The largest absolute Gasteiger partial charge is 0.353 e. The standard InChI is InChI=1S/C14H26N2O/c1-10-9-13(7-8-15-10)14(17)16-11(2)12-5-3-4-6-12/h10-13,15H,3-9H2,1-2H3,(H,16,17)/t10?,11-,13?/m1/s1. The van der Waals surface area contributed by atoms with E-state index in [1.807, 2.05) is 0 Å². The fourth-order valence-corrected chi connectivity index (χ4v) is 3.29. The predicted molar refractivity (Wildman–Crippen MR) is 69.8 cm³/mol. The van der Waals surface area contributed by atoms with Crippen LogP contribution in [-0.2, 0) is 4.79 Å². The third-order valence-corrected chi connectivity index (χ3v) is 4.47. The molecule has 2 rings (SSSR count). The summed E-state index contributed by atoms with van der Waals surface area (Å²) in [6.45, 7) is 5.33. The van der Waals surface area contributed by atoms with Crippen molar-refractivity contribution in [2.45, 2.75) is 64.5 Å². The Kier molecular flexibility index (Phi) is 4.43. The second-order valence-corrected chi connectivity index (χ2v) is 5.92. The van der Waals surface area contributed by atoms with Crippen molar-refractivity contribution in [3.8, 4) is 0 Å². The topological polar surface area (TPSA) is 41.1 Å². The summed E-state index contributed by atoms with van der Waals surface area (Å²) >= 11 is 0. The van der Waals surface area contributed by atoms with Gasteiger partial charge in [0.25, 0.3) is 0 Å². The minimum absolute atomic E-state index is 0.232. The van der Waals surface area contributed by atoms with Crippen LogP contribution in [0, 0.1) is 11.8 Å². The second-order valence-electron chi connectivity index (χ2n) is 5.92. The fourth-order valence-electron chi connectivity index (χ4n) is 3.29. The molecular formula is C14H26N2O. The Hall–Kier alpha value is -0.570. The normalized spacial score (nSPS) is 32.4. The van der Waals surface area contributed by atoms with E-state index in [1.165, 1.54) is 25.7 Å². The van der Waals surface area contributed by atoms with Crippen molar-refractivity contribution in [1.29, 1.82) is 0 Å². The molecule has 1 aliphatic carbocycles. The van der Waals surface area contributed by atoms with E-state index in [0.717, 1.165) is 25.3 Å². The van der Waals surface area contributed by atoms with Gasteiger partial charge >= 0.3 is 0 Å². The first kappa shape index (κ1) is 12.9. The molecule has 3 atom stereocenters. The minimum Gasteiger partial charge on any atom is -0.353 e. The summed E-state index contributed by atoms with van der Waals surface area (Å²) in [7, 11) is 0. The van der Waals surface area contributed by atoms with E-state index in [2.05, 4.69) is 24.5 Å². The van der Waals surface area contributed by atoms with E-state index >= 15 is 0 Å². The molecule has 17 heavy (non-hydrogen) atoms. The first-order valence-electron chi connectivity index (χ1n) is 7.20. The van der Waals surface area contributed by atoms with Gasteiger partial charge in [0.2, 0.25) is 5.91 Å². The van der Waals surface area contributed by atoms with Crippen LogP contribution >= 0.6 is 0 Å². The van der Waals surface area contributed by atoms with Crippen LogP contribution in [-0.4, -0.2) is 24.5 Å². The third-order valence-electron chi connectivity index (χ3n) is 4.47. The van der Waals surface area contributed by atoms with E-state index in [-0.39, 0.29) is 11.8 Å². The molecule has 0 bridgehead atoms. The predicted octanol–water partition coefficient (Wildman–Crippen LogP) is 2.07. The van der Waals surface area contributed by atoms with Gasteiger partial charge < -0.3 is 10.6 Å². The van der Waals surface area contributed by atoms with Gasteiger partial charge in [0.15, 0.2) is 0 Å². The molecule has 3 heteroatoms. The summed E-state index contributed by atoms with van der Waals surface area (Å²) in [6, 6.07) is 0.858. The number of piperidine rings is 1. The zero-order valence-electron chi connectivity index (χ0n) is 11.2. The van der Waals surface area contributed by atoms with Gasteiger partial charge in [-0.2, -0.15) is 0 Å². The monoisotopic (exact) mass is 238 g/mol. The molecule has 98 valence electrons. The van der Waals surface area contributed by atoms with E-state index in [0.29, 0.717) is 12.1 Å². The van der Waals surface area contributed by atoms with Crippen LogP contribution in [0.2, 0.25) is 0 Å². The van der Waals surface area contributed by atoms with Gasteiger partial charge in [0.05, 0.1) is 0 Å². The van der Waals surface area contributed by atoms with Crippen molar-refractivity contribution < 1.29 is 4.79 Å². The number of carbonyl (C=O) groups excluding carboxylic acids is 1. The van der Waals surface area contributed by atoms with Gasteiger partial charge in [0, 0.05) is 18.0 Å². The number of hydrogen-bond donors (Lipinski definition) is 2. The maximum absolute atomic E-state index is 12.2. The zero-order chi connectivity index (χ0) is 12.3. The van der Waals surface area contributed by atoms with Gasteiger partial charge in [-0.1, -0.05) is 12.8 Å². The quantitative estimate of drug-likeness (QED) is 0.790. The summed E-state index contributed by atoms with van der Waals surface area (Å²) in [6.07, 6.45) is 7.26. The first-order chi connectivity index (χ1) is 8.16. The summed E-state index contributed by atoms with van der Waals surface area (Å²) in [5.41, 5.74) is 0. The molecule has 2 N–H and O–H groups in total. The van der Waals surface area contributed by atoms with Crippen LogP contribution in [0.15, 0.2) is 0 Å². The second kappa shape index (κ2) is 5.85. The molecule has 2 aliphatic rings. The van der Waals surface area contributed by atoms with Crippen LogP contribution in [0.4, 0.5) is 0 Å². The molecule has 2 unspecified atom stereocenters. The lowest BCUT2D eigenvalue weighted by Gasteiger charge is -2.29. The Labute approximate surface area is 105 Å². The van der Waals surface area contributed by atoms with Gasteiger partial charge in [-0.15, -0.1) is 0 Å². The Morgan fingerprint density at radius 1 is 1.29 bits per heavy atom. The van der Waals surface area contributed by atoms with Crippen LogP contribution < -0.4 is 10.6 Å². The van der Waals surface area contributed by atoms with Crippen molar-refractivity contribution in [3.05, 3.63) is 0 Å². The maximum Gasteiger partial charge on any atom is 0.223 e. The highest BCUT2D eigenvalue weighted by Gasteiger charge is 2.28. The maximum atomic E-state index is 12.2. The molecule has 0 radical (unpaired) electrons. The van der Waals surface area contributed by atoms with Crippen molar-refractivity contribution in [3.63, 3.8) is 0 Å². The van der Waals surface area contributed by atoms with Crippen LogP contribution in [0.5, 0.6) is 0 Å².